The SMILES string of the molecule is COCC(=O)N1CC[C@@H]2[C@H]1c1cc(-c3ccc(OC)cc3)ccc1N(C)[C@H]2CO. The van der Waals surface area contributed by atoms with E-state index in [9.17, 15) is 9.90 Å². The molecule has 29 heavy (non-hydrogen) atoms. The average Bonchev–Trinajstić information content (AvgIpc) is 3.19. The number of hydrogen-bond acceptors (Lipinski definition) is 5. The third kappa shape index (κ3) is 3.36. The van der Waals surface area contributed by atoms with E-state index in [4.69, 9.17) is 9.47 Å². The largest absolute Gasteiger partial charge is 0.497 e. The smallest absolute Gasteiger partial charge is 0.249 e. The number of benzene rings is 2. The van der Waals surface area contributed by atoms with E-state index in [1.54, 1.807) is 14.2 Å². The van der Waals surface area contributed by atoms with Crippen LogP contribution in [-0.2, 0) is 9.53 Å². The maximum absolute atomic E-state index is 12.7. The number of ether oxygens (including phenoxy) is 2. The first-order chi connectivity index (χ1) is 14.1. The number of amides is 1. The number of likely N-dealkylation sites (N-methyl/N-ethyl adjacent to an activating group) is 1. The first kappa shape index (κ1) is 19.7. The van der Waals surface area contributed by atoms with Crippen molar-refractivity contribution in [2.24, 2.45) is 5.92 Å². The first-order valence-corrected chi connectivity index (χ1v) is 9.99. The fraction of sp³-hybridized carbons (Fsp3) is 0.435. The zero-order chi connectivity index (χ0) is 20.5. The monoisotopic (exact) mass is 396 g/mol. The lowest BCUT2D eigenvalue weighted by Gasteiger charge is -2.44. The Labute approximate surface area is 171 Å². The highest BCUT2D eigenvalue weighted by molar-refractivity contribution is 5.80. The van der Waals surface area contributed by atoms with Crippen molar-refractivity contribution >= 4 is 11.6 Å². The lowest BCUT2D eigenvalue weighted by Crippen LogP contribution is -2.48. The number of carbonyl (C=O) groups excluding carboxylic acids is 1. The molecule has 6 heteroatoms. The number of hydrogen-bond donors (Lipinski definition) is 1. The van der Waals surface area contributed by atoms with Crippen LogP contribution in [0.2, 0.25) is 0 Å². The molecule has 0 radical (unpaired) electrons. The predicted molar refractivity (Wildman–Crippen MR) is 112 cm³/mol. The van der Waals surface area contributed by atoms with Crippen molar-refractivity contribution in [2.45, 2.75) is 18.5 Å². The van der Waals surface area contributed by atoms with Crippen molar-refractivity contribution in [3.8, 4) is 16.9 Å². The van der Waals surface area contributed by atoms with E-state index in [1.807, 2.05) is 36.2 Å². The van der Waals surface area contributed by atoms with E-state index in [2.05, 4.69) is 23.1 Å². The molecule has 6 nitrogen and oxygen atoms in total. The van der Waals surface area contributed by atoms with Crippen LogP contribution in [0.15, 0.2) is 42.5 Å². The van der Waals surface area contributed by atoms with Gasteiger partial charge in [-0.3, -0.25) is 4.79 Å². The number of nitrogens with zero attached hydrogens (tertiary/aromatic N) is 2. The van der Waals surface area contributed by atoms with Gasteiger partial charge in [0.1, 0.15) is 12.4 Å². The summed E-state index contributed by atoms with van der Waals surface area (Å²) in [5.74, 6) is 1.02. The van der Waals surface area contributed by atoms with Gasteiger partial charge in [-0.25, -0.2) is 0 Å². The van der Waals surface area contributed by atoms with Gasteiger partial charge in [0.2, 0.25) is 5.91 Å². The van der Waals surface area contributed by atoms with Gasteiger partial charge < -0.3 is 24.4 Å². The van der Waals surface area contributed by atoms with Crippen molar-refractivity contribution in [2.75, 3.05) is 45.9 Å². The summed E-state index contributed by atoms with van der Waals surface area (Å²) in [6.07, 6.45) is 0.877. The summed E-state index contributed by atoms with van der Waals surface area (Å²) in [4.78, 5) is 16.8. The zero-order valence-electron chi connectivity index (χ0n) is 17.2. The number of aliphatic hydroxyl groups excluding tert-OH is 1. The van der Waals surface area contributed by atoms with Gasteiger partial charge in [0.15, 0.2) is 0 Å². The lowest BCUT2D eigenvalue weighted by atomic mass is 9.81. The Morgan fingerprint density at radius 3 is 2.52 bits per heavy atom. The van der Waals surface area contributed by atoms with Crippen LogP contribution in [0.1, 0.15) is 18.0 Å². The van der Waals surface area contributed by atoms with Crippen molar-refractivity contribution < 1.29 is 19.4 Å². The number of anilines is 1. The standard InChI is InChI=1S/C23H28N2O4/c1-24-20-9-6-16(15-4-7-17(29-3)8-5-15)12-19(20)23-18(21(24)13-26)10-11-25(23)22(27)14-28-2/h4-9,12,18,21,23,26H,10-11,13-14H2,1-3H3/t18-,21-,23-/m0/s1. The summed E-state index contributed by atoms with van der Waals surface area (Å²) < 4.78 is 10.4. The molecule has 0 aliphatic carbocycles. The van der Waals surface area contributed by atoms with Crippen LogP contribution in [0.25, 0.3) is 11.1 Å². The molecule has 2 heterocycles. The first-order valence-electron chi connectivity index (χ1n) is 9.99. The molecule has 3 atom stereocenters. The molecule has 154 valence electrons. The summed E-state index contributed by atoms with van der Waals surface area (Å²) >= 11 is 0. The Morgan fingerprint density at radius 2 is 1.86 bits per heavy atom. The molecule has 1 amide bonds. The molecule has 2 aromatic carbocycles. The van der Waals surface area contributed by atoms with Crippen LogP contribution in [0, 0.1) is 5.92 Å². The van der Waals surface area contributed by atoms with Crippen molar-refractivity contribution in [1.29, 1.82) is 0 Å². The van der Waals surface area contributed by atoms with Crippen molar-refractivity contribution in [1.82, 2.24) is 4.90 Å². The Kier molecular flexibility index (Phi) is 5.48. The van der Waals surface area contributed by atoms with Gasteiger partial charge in [-0.15, -0.1) is 0 Å². The number of aliphatic hydroxyl groups is 1. The second kappa shape index (κ2) is 8.05. The van der Waals surface area contributed by atoms with Gasteiger partial charge >= 0.3 is 0 Å². The zero-order valence-corrected chi connectivity index (χ0v) is 17.2. The summed E-state index contributed by atoms with van der Waals surface area (Å²) in [5.41, 5.74) is 4.41. The molecular formula is C23H28N2O4. The number of likely N-dealkylation sites (tertiary alicyclic amines) is 1. The molecule has 1 fully saturated rings. The van der Waals surface area contributed by atoms with Gasteiger partial charge in [-0.1, -0.05) is 18.2 Å². The molecule has 2 aliphatic rings. The van der Waals surface area contributed by atoms with E-state index >= 15 is 0 Å². The molecule has 2 aromatic rings. The van der Waals surface area contributed by atoms with Crippen molar-refractivity contribution in [3.05, 3.63) is 48.0 Å². The topological polar surface area (TPSA) is 62.2 Å². The van der Waals surface area contributed by atoms with E-state index in [-0.39, 0.29) is 37.1 Å². The third-order valence-corrected chi connectivity index (χ3v) is 6.36. The predicted octanol–water partition coefficient (Wildman–Crippen LogP) is 2.71. The van der Waals surface area contributed by atoms with Gasteiger partial charge in [-0.05, 0) is 47.4 Å². The highest BCUT2D eigenvalue weighted by Gasteiger charge is 2.47. The minimum Gasteiger partial charge on any atom is -0.497 e. The van der Waals surface area contributed by atoms with Gasteiger partial charge in [-0.2, -0.15) is 0 Å². The minimum absolute atomic E-state index is 0.000295. The maximum Gasteiger partial charge on any atom is 0.249 e. The Balaban J connectivity index is 1.78. The third-order valence-electron chi connectivity index (χ3n) is 6.36. The Bertz CT molecular complexity index is 883. The second-order valence-electron chi connectivity index (χ2n) is 7.78. The number of rotatable bonds is 5. The molecular weight excluding hydrogens is 368 g/mol. The van der Waals surface area contributed by atoms with Crippen LogP contribution >= 0.6 is 0 Å². The highest BCUT2D eigenvalue weighted by atomic mass is 16.5. The lowest BCUT2D eigenvalue weighted by molar-refractivity contribution is -0.136. The quantitative estimate of drug-likeness (QED) is 0.842. The normalized spacial score (nSPS) is 23.0. The highest BCUT2D eigenvalue weighted by Crippen LogP contribution is 2.49. The van der Waals surface area contributed by atoms with E-state index in [1.165, 1.54) is 0 Å². The fourth-order valence-electron chi connectivity index (χ4n) is 4.90. The number of carbonyl (C=O) groups is 1. The van der Waals surface area contributed by atoms with Crippen LogP contribution in [0.3, 0.4) is 0 Å². The van der Waals surface area contributed by atoms with Gasteiger partial charge in [0.05, 0.1) is 25.8 Å². The van der Waals surface area contributed by atoms with E-state index in [0.717, 1.165) is 34.5 Å². The summed E-state index contributed by atoms with van der Waals surface area (Å²) in [6.45, 7) is 0.841. The molecule has 0 saturated carbocycles. The van der Waals surface area contributed by atoms with Crippen LogP contribution in [0.4, 0.5) is 5.69 Å². The maximum atomic E-state index is 12.7. The molecule has 2 aliphatic heterocycles. The number of methoxy groups -OCH3 is 2. The fourth-order valence-corrected chi connectivity index (χ4v) is 4.90. The van der Waals surface area contributed by atoms with Crippen LogP contribution in [0.5, 0.6) is 5.75 Å². The molecule has 0 spiro atoms. The molecule has 0 aromatic heterocycles. The number of fused-ring (bicyclic) bond motifs is 3. The van der Waals surface area contributed by atoms with E-state index in [0.29, 0.717) is 6.54 Å². The Hall–Kier alpha value is -2.57. The van der Waals surface area contributed by atoms with Crippen LogP contribution < -0.4 is 9.64 Å². The summed E-state index contributed by atoms with van der Waals surface area (Å²) in [5, 5.41) is 10.1. The second-order valence-corrected chi connectivity index (χ2v) is 7.78. The average molecular weight is 396 g/mol. The molecule has 1 N–H and O–H groups in total. The molecule has 0 bridgehead atoms. The van der Waals surface area contributed by atoms with E-state index < -0.39 is 0 Å². The van der Waals surface area contributed by atoms with Gasteiger partial charge in [0, 0.05) is 32.3 Å². The molecule has 4 rings (SSSR count). The summed E-state index contributed by atoms with van der Waals surface area (Å²) in [7, 11) is 5.24. The van der Waals surface area contributed by atoms with Gasteiger partial charge in [0.25, 0.3) is 0 Å². The molecule has 0 unspecified atom stereocenters. The minimum atomic E-state index is -0.0424. The van der Waals surface area contributed by atoms with Crippen molar-refractivity contribution in [3.63, 3.8) is 0 Å². The summed E-state index contributed by atoms with van der Waals surface area (Å²) in [6, 6.07) is 14.3. The van der Waals surface area contributed by atoms with Crippen LogP contribution in [-0.4, -0.2) is 63.0 Å². The molecule has 1 saturated heterocycles. The Morgan fingerprint density at radius 1 is 1.14 bits per heavy atom.